The van der Waals surface area contributed by atoms with Gasteiger partial charge in [0.05, 0.1) is 0 Å². The fourth-order valence-corrected chi connectivity index (χ4v) is 7.30. The minimum Gasteiger partial charge on any atom is -0.488 e. The normalized spacial score (nSPS) is 21.2. The van der Waals surface area contributed by atoms with E-state index >= 15 is 0 Å². The van der Waals surface area contributed by atoms with Crippen molar-refractivity contribution in [3.63, 3.8) is 0 Å². The van der Waals surface area contributed by atoms with Crippen LogP contribution in [0.25, 0.3) is 0 Å². The third kappa shape index (κ3) is 6.92. The van der Waals surface area contributed by atoms with Crippen molar-refractivity contribution in [2.45, 2.75) is 82.3 Å². The van der Waals surface area contributed by atoms with Crippen molar-refractivity contribution < 1.29 is 13.5 Å². The van der Waals surface area contributed by atoms with Crippen molar-refractivity contribution in [2.75, 3.05) is 6.61 Å². The van der Waals surface area contributed by atoms with Crippen molar-refractivity contribution in [3.8, 4) is 5.75 Å². The predicted molar refractivity (Wildman–Crippen MR) is 100 cm³/mol. The third-order valence-electron chi connectivity index (χ3n) is 5.29. The number of alkyl halides is 2. The van der Waals surface area contributed by atoms with E-state index in [0.29, 0.717) is 11.7 Å². The Hall–Kier alpha value is -0.903. The third-order valence-corrected chi connectivity index (χ3v) is 8.81. The molecule has 0 aromatic heterocycles. The zero-order chi connectivity index (χ0) is 17.2. The number of halogens is 2. The molecule has 1 aromatic rings. The number of benzene rings is 1. The summed E-state index contributed by atoms with van der Waals surface area (Å²) in [6.45, 7) is 1.75. The van der Waals surface area contributed by atoms with E-state index < -0.39 is 21.8 Å². The van der Waals surface area contributed by atoms with Gasteiger partial charge in [-0.2, -0.15) is 0 Å². The SMILES string of the molecule is CCCCCCC[Si@H]1CC[C@H](c2ccc(OCC(F)F)cc2)CC1. The van der Waals surface area contributed by atoms with E-state index in [0.717, 1.165) is 0 Å². The zero-order valence-corrected chi connectivity index (χ0v) is 16.1. The number of hydrogen-bond acceptors (Lipinski definition) is 1. The molecule has 0 aliphatic carbocycles. The van der Waals surface area contributed by atoms with E-state index in [2.05, 4.69) is 19.1 Å². The lowest BCUT2D eigenvalue weighted by molar-refractivity contribution is 0.0819. The van der Waals surface area contributed by atoms with Gasteiger partial charge in [-0.3, -0.25) is 0 Å². The van der Waals surface area contributed by atoms with Gasteiger partial charge in [0, 0.05) is 8.80 Å². The first-order valence-electron chi connectivity index (χ1n) is 9.70. The lowest BCUT2D eigenvalue weighted by Gasteiger charge is -2.28. The average Bonchev–Trinajstić information content (AvgIpc) is 2.61. The highest BCUT2D eigenvalue weighted by atomic mass is 28.3. The second-order valence-corrected chi connectivity index (χ2v) is 10.7. The van der Waals surface area contributed by atoms with Crippen LogP contribution in [-0.2, 0) is 0 Å². The molecule has 1 nitrogen and oxygen atoms in total. The molecule has 1 heterocycles. The molecule has 0 atom stereocenters. The number of hydrogen-bond donors (Lipinski definition) is 0. The van der Waals surface area contributed by atoms with Crippen LogP contribution < -0.4 is 4.74 Å². The molecule has 0 bridgehead atoms. The summed E-state index contributed by atoms with van der Waals surface area (Å²) in [6.07, 6.45) is 7.26. The van der Waals surface area contributed by atoms with Crippen molar-refractivity contribution >= 4 is 8.80 Å². The topological polar surface area (TPSA) is 9.23 Å². The largest absolute Gasteiger partial charge is 0.488 e. The average molecular weight is 355 g/mol. The van der Waals surface area contributed by atoms with Gasteiger partial charge in [0.15, 0.2) is 0 Å². The molecule has 1 saturated heterocycles. The molecule has 136 valence electrons. The summed E-state index contributed by atoms with van der Waals surface area (Å²) in [6, 6.07) is 12.3. The number of ether oxygens (including phenoxy) is 1. The van der Waals surface area contributed by atoms with Gasteiger partial charge >= 0.3 is 0 Å². The summed E-state index contributed by atoms with van der Waals surface area (Å²) >= 11 is 0. The molecule has 1 aromatic carbocycles. The molecule has 24 heavy (non-hydrogen) atoms. The monoisotopic (exact) mass is 354 g/mol. The second kappa shape index (κ2) is 10.9. The minimum absolute atomic E-state index is 0.480. The van der Waals surface area contributed by atoms with Crippen LogP contribution in [0, 0.1) is 0 Å². The van der Waals surface area contributed by atoms with Crippen LogP contribution in [0.3, 0.4) is 0 Å². The summed E-state index contributed by atoms with van der Waals surface area (Å²) in [7, 11) is -0.480. The van der Waals surface area contributed by atoms with Gasteiger partial charge in [-0.1, -0.05) is 69.3 Å². The van der Waals surface area contributed by atoms with Gasteiger partial charge in [0.2, 0.25) is 0 Å². The maximum Gasteiger partial charge on any atom is 0.272 e. The van der Waals surface area contributed by atoms with Gasteiger partial charge in [-0.05, 0) is 36.5 Å². The highest BCUT2D eigenvalue weighted by Crippen LogP contribution is 2.35. The lowest BCUT2D eigenvalue weighted by Crippen LogP contribution is -2.20. The lowest BCUT2D eigenvalue weighted by atomic mass is 9.93. The van der Waals surface area contributed by atoms with Crippen LogP contribution in [0.15, 0.2) is 24.3 Å². The van der Waals surface area contributed by atoms with Gasteiger partial charge in [-0.25, -0.2) is 8.78 Å². The van der Waals surface area contributed by atoms with Crippen molar-refractivity contribution in [1.29, 1.82) is 0 Å². The molecular weight excluding hydrogens is 322 g/mol. The maximum absolute atomic E-state index is 12.2. The molecule has 0 spiro atoms. The number of unbranched alkanes of at least 4 members (excludes halogenated alkanes) is 4. The van der Waals surface area contributed by atoms with Gasteiger partial charge in [-0.15, -0.1) is 0 Å². The van der Waals surface area contributed by atoms with Crippen LogP contribution >= 0.6 is 0 Å². The first kappa shape index (κ1) is 19.4. The molecule has 1 fully saturated rings. The highest BCUT2D eigenvalue weighted by Gasteiger charge is 2.23. The molecule has 4 heteroatoms. The fourth-order valence-electron chi connectivity index (χ4n) is 3.82. The van der Waals surface area contributed by atoms with Gasteiger partial charge in [0.25, 0.3) is 6.43 Å². The first-order valence-corrected chi connectivity index (χ1v) is 12.1. The standard InChI is InChI=1S/C20H32F2OSi/c1-2-3-4-5-6-13-24-14-11-18(12-15-24)17-7-9-19(10-8-17)23-16-20(21)22/h7-10,18,20,24H,2-6,11-16H2,1H3/t18-,24-. The molecule has 0 saturated carbocycles. The summed E-state index contributed by atoms with van der Waals surface area (Å²) in [5.41, 5.74) is 1.36. The van der Waals surface area contributed by atoms with Crippen LogP contribution in [0.5, 0.6) is 5.75 Å². The van der Waals surface area contributed by atoms with Crippen LogP contribution in [0.1, 0.15) is 63.4 Å². The van der Waals surface area contributed by atoms with Crippen LogP contribution in [0.2, 0.25) is 18.1 Å². The van der Waals surface area contributed by atoms with E-state index in [1.807, 2.05) is 12.1 Å². The van der Waals surface area contributed by atoms with E-state index in [-0.39, 0.29) is 0 Å². The summed E-state index contributed by atoms with van der Waals surface area (Å²) in [5.74, 6) is 1.21. The quantitative estimate of drug-likeness (QED) is 0.349. The van der Waals surface area contributed by atoms with Crippen molar-refractivity contribution in [3.05, 3.63) is 29.8 Å². The fraction of sp³-hybridized carbons (Fsp3) is 0.700. The molecular formula is C20H32F2OSi. The Bertz CT molecular complexity index is 441. The Morgan fingerprint density at radius 3 is 2.33 bits per heavy atom. The smallest absolute Gasteiger partial charge is 0.272 e. The Morgan fingerprint density at radius 2 is 1.71 bits per heavy atom. The van der Waals surface area contributed by atoms with Crippen LogP contribution in [-0.4, -0.2) is 21.8 Å². The molecule has 1 aliphatic rings. The predicted octanol–water partition coefficient (Wildman–Crippen LogP) is 6.41. The summed E-state index contributed by atoms with van der Waals surface area (Å²) in [5, 5.41) is 0. The molecule has 0 N–H and O–H groups in total. The van der Waals surface area contributed by atoms with E-state index in [9.17, 15) is 8.78 Å². The van der Waals surface area contributed by atoms with Crippen LogP contribution in [0.4, 0.5) is 8.78 Å². The Morgan fingerprint density at radius 1 is 1.04 bits per heavy atom. The maximum atomic E-state index is 12.2. The zero-order valence-electron chi connectivity index (χ0n) is 15.0. The molecule has 1 aliphatic heterocycles. The highest BCUT2D eigenvalue weighted by molar-refractivity contribution is 6.59. The van der Waals surface area contributed by atoms with E-state index in [1.165, 1.54) is 68.6 Å². The summed E-state index contributed by atoms with van der Waals surface area (Å²) < 4.78 is 29.4. The van der Waals surface area contributed by atoms with E-state index in [4.69, 9.17) is 4.74 Å². The van der Waals surface area contributed by atoms with Gasteiger partial charge < -0.3 is 4.74 Å². The number of rotatable bonds is 10. The second-order valence-electron chi connectivity index (χ2n) is 7.19. The molecule has 0 unspecified atom stereocenters. The van der Waals surface area contributed by atoms with Crippen molar-refractivity contribution in [1.82, 2.24) is 0 Å². The molecule has 0 radical (unpaired) electrons. The van der Waals surface area contributed by atoms with Crippen molar-refractivity contribution in [2.24, 2.45) is 0 Å². The Balaban J connectivity index is 1.68. The van der Waals surface area contributed by atoms with E-state index in [1.54, 1.807) is 0 Å². The van der Waals surface area contributed by atoms with Gasteiger partial charge in [0.1, 0.15) is 12.4 Å². The summed E-state index contributed by atoms with van der Waals surface area (Å²) in [4.78, 5) is 0. The Kier molecular flexibility index (Phi) is 8.79. The Labute approximate surface area is 147 Å². The molecule has 0 amide bonds. The first-order chi connectivity index (χ1) is 11.7. The minimum atomic E-state index is -2.41. The molecule has 2 rings (SSSR count).